The summed E-state index contributed by atoms with van der Waals surface area (Å²) in [6.07, 6.45) is 16.7. The molecule has 4 rings (SSSR count). The molecule has 30 heavy (non-hydrogen) atoms. The summed E-state index contributed by atoms with van der Waals surface area (Å²) in [5, 5.41) is 0. The summed E-state index contributed by atoms with van der Waals surface area (Å²) < 4.78 is 0. The van der Waals surface area contributed by atoms with E-state index < -0.39 is 0 Å². The van der Waals surface area contributed by atoms with Crippen LogP contribution in [0.3, 0.4) is 0 Å². The van der Waals surface area contributed by atoms with Crippen LogP contribution < -0.4 is 0 Å². The lowest BCUT2D eigenvalue weighted by molar-refractivity contribution is 0.268. The summed E-state index contributed by atoms with van der Waals surface area (Å²) in [5.41, 5.74) is 6.04. The third-order valence-electron chi connectivity index (χ3n) is 8.23. The van der Waals surface area contributed by atoms with Crippen molar-refractivity contribution >= 4 is 0 Å². The Bertz CT molecular complexity index is 738. The van der Waals surface area contributed by atoms with Crippen molar-refractivity contribution < 1.29 is 0 Å². The van der Waals surface area contributed by atoms with Crippen LogP contribution in [0.2, 0.25) is 0 Å². The zero-order chi connectivity index (χ0) is 20.8. The number of aryl methyl sites for hydroxylation is 1. The summed E-state index contributed by atoms with van der Waals surface area (Å²) >= 11 is 0. The first-order chi connectivity index (χ1) is 14.7. The average molecular weight is 403 g/mol. The monoisotopic (exact) mass is 402 g/mol. The number of rotatable bonds is 7. The third-order valence-corrected chi connectivity index (χ3v) is 8.23. The molecule has 0 N–H and O–H groups in total. The highest BCUT2D eigenvalue weighted by Gasteiger charge is 2.22. The average Bonchev–Trinajstić information content (AvgIpc) is 2.78. The van der Waals surface area contributed by atoms with Crippen LogP contribution in [0.5, 0.6) is 0 Å². The maximum absolute atomic E-state index is 2.44. The largest absolute Gasteiger partial charge is 0.0651 e. The smallest absolute Gasteiger partial charge is 0.0250 e. The molecule has 0 nitrogen and oxygen atoms in total. The van der Waals surface area contributed by atoms with Crippen LogP contribution in [-0.4, -0.2) is 0 Å². The molecule has 2 aliphatic rings. The Hall–Kier alpha value is -1.56. The second-order valence-electron chi connectivity index (χ2n) is 10.6. The van der Waals surface area contributed by atoms with Gasteiger partial charge in [-0.25, -0.2) is 0 Å². The Kier molecular flexibility index (Phi) is 7.69. The lowest BCUT2D eigenvalue weighted by atomic mass is 9.77. The van der Waals surface area contributed by atoms with Gasteiger partial charge in [0.15, 0.2) is 0 Å². The molecule has 2 aromatic carbocycles. The normalized spacial score (nSPS) is 27.1. The van der Waals surface area contributed by atoms with Gasteiger partial charge in [0.05, 0.1) is 0 Å². The molecule has 0 bridgehead atoms. The number of benzene rings is 2. The Morgan fingerprint density at radius 1 is 0.500 bits per heavy atom. The van der Waals surface area contributed by atoms with E-state index in [1.807, 2.05) is 0 Å². The molecule has 0 aromatic heterocycles. The minimum atomic E-state index is 0.897. The Morgan fingerprint density at radius 2 is 0.800 bits per heavy atom. The lowest BCUT2D eigenvalue weighted by Crippen LogP contribution is -2.18. The fraction of sp³-hybridized carbons (Fsp3) is 0.600. The molecule has 0 heteroatoms. The first-order valence-electron chi connectivity index (χ1n) is 12.8. The van der Waals surface area contributed by atoms with Crippen LogP contribution in [0.15, 0.2) is 48.5 Å². The molecule has 2 saturated carbocycles. The van der Waals surface area contributed by atoms with E-state index in [1.165, 1.54) is 88.2 Å². The molecular weight excluding hydrogens is 360 g/mol. The van der Waals surface area contributed by atoms with Crippen LogP contribution in [0.1, 0.15) is 87.0 Å². The van der Waals surface area contributed by atoms with Crippen molar-refractivity contribution in [3.8, 4) is 0 Å². The topological polar surface area (TPSA) is 0 Å². The number of hydrogen-bond acceptors (Lipinski definition) is 0. The van der Waals surface area contributed by atoms with E-state index in [9.17, 15) is 0 Å². The van der Waals surface area contributed by atoms with Gasteiger partial charge in [-0.05, 0) is 105 Å². The maximum Gasteiger partial charge on any atom is -0.0250 e. The molecule has 0 heterocycles. The highest BCUT2D eigenvalue weighted by Crippen LogP contribution is 2.34. The summed E-state index contributed by atoms with van der Waals surface area (Å²) in [5.74, 6) is 3.74. The van der Waals surface area contributed by atoms with Gasteiger partial charge in [-0.3, -0.25) is 0 Å². The van der Waals surface area contributed by atoms with E-state index >= 15 is 0 Å². The molecule has 0 atom stereocenters. The quantitative estimate of drug-likeness (QED) is 0.436. The van der Waals surface area contributed by atoms with Gasteiger partial charge in [0, 0.05) is 0 Å². The predicted molar refractivity (Wildman–Crippen MR) is 130 cm³/mol. The SMILES string of the molecule is CCC1CCC(Cc2ccc(CC3CCC(Cc4ccc(C)cc4)CC3)cc2)CC1. The Balaban J connectivity index is 1.19. The van der Waals surface area contributed by atoms with Gasteiger partial charge < -0.3 is 0 Å². The maximum atomic E-state index is 2.44. The molecule has 0 amide bonds. The molecular formula is C30H42. The van der Waals surface area contributed by atoms with Crippen LogP contribution in [-0.2, 0) is 19.3 Å². The second kappa shape index (κ2) is 10.7. The van der Waals surface area contributed by atoms with Crippen molar-refractivity contribution in [1.82, 2.24) is 0 Å². The van der Waals surface area contributed by atoms with Gasteiger partial charge in [-0.1, -0.05) is 80.3 Å². The predicted octanol–water partition coefficient (Wildman–Crippen LogP) is 8.35. The van der Waals surface area contributed by atoms with E-state index in [4.69, 9.17) is 0 Å². The van der Waals surface area contributed by atoms with Gasteiger partial charge in [0.1, 0.15) is 0 Å². The summed E-state index contributed by atoms with van der Waals surface area (Å²) in [7, 11) is 0. The highest BCUT2D eigenvalue weighted by molar-refractivity contribution is 5.24. The molecule has 0 radical (unpaired) electrons. The summed E-state index contributed by atoms with van der Waals surface area (Å²) in [6, 6.07) is 18.9. The van der Waals surface area contributed by atoms with Crippen molar-refractivity contribution in [2.75, 3.05) is 0 Å². The molecule has 0 saturated heterocycles. The van der Waals surface area contributed by atoms with Crippen molar-refractivity contribution in [2.45, 2.75) is 90.9 Å². The second-order valence-corrected chi connectivity index (χ2v) is 10.6. The Morgan fingerprint density at radius 3 is 1.13 bits per heavy atom. The molecule has 0 unspecified atom stereocenters. The minimum Gasteiger partial charge on any atom is -0.0651 e. The number of hydrogen-bond donors (Lipinski definition) is 0. The van der Waals surface area contributed by atoms with Crippen molar-refractivity contribution in [3.63, 3.8) is 0 Å². The molecule has 162 valence electrons. The third kappa shape index (κ3) is 6.22. The molecule has 2 fully saturated rings. The fourth-order valence-electron chi connectivity index (χ4n) is 6.02. The standard InChI is InChI=1S/C30H42/c1-3-24-8-10-26(11-9-24)21-28-16-18-30(19-17-28)22-29-14-12-27(13-15-29)20-25-6-4-23(2)5-7-25/h4-7,16-19,24,26-27,29H,3,8-15,20-22H2,1-2H3. The van der Waals surface area contributed by atoms with Gasteiger partial charge in [0.2, 0.25) is 0 Å². The van der Waals surface area contributed by atoms with E-state index in [0.717, 1.165) is 23.7 Å². The van der Waals surface area contributed by atoms with Crippen molar-refractivity contribution in [3.05, 3.63) is 70.8 Å². The highest BCUT2D eigenvalue weighted by atomic mass is 14.3. The molecule has 0 aliphatic heterocycles. The van der Waals surface area contributed by atoms with E-state index in [2.05, 4.69) is 62.4 Å². The van der Waals surface area contributed by atoms with Crippen molar-refractivity contribution in [1.29, 1.82) is 0 Å². The first kappa shape index (κ1) is 21.7. The van der Waals surface area contributed by atoms with Crippen LogP contribution in [0.4, 0.5) is 0 Å². The van der Waals surface area contributed by atoms with Crippen LogP contribution >= 0.6 is 0 Å². The summed E-state index contributed by atoms with van der Waals surface area (Å²) in [4.78, 5) is 0. The van der Waals surface area contributed by atoms with Crippen LogP contribution in [0.25, 0.3) is 0 Å². The first-order valence-corrected chi connectivity index (χ1v) is 12.8. The van der Waals surface area contributed by atoms with Gasteiger partial charge in [-0.2, -0.15) is 0 Å². The van der Waals surface area contributed by atoms with Gasteiger partial charge in [0.25, 0.3) is 0 Å². The van der Waals surface area contributed by atoms with Gasteiger partial charge in [-0.15, -0.1) is 0 Å². The fourth-order valence-corrected chi connectivity index (χ4v) is 6.02. The van der Waals surface area contributed by atoms with E-state index in [1.54, 1.807) is 11.1 Å². The minimum absolute atomic E-state index is 0.897. The molecule has 2 aromatic rings. The molecule has 0 spiro atoms. The molecule has 2 aliphatic carbocycles. The van der Waals surface area contributed by atoms with Crippen molar-refractivity contribution in [2.24, 2.45) is 23.7 Å². The van der Waals surface area contributed by atoms with E-state index in [0.29, 0.717) is 0 Å². The Labute approximate surface area is 185 Å². The van der Waals surface area contributed by atoms with Gasteiger partial charge >= 0.3 is 0 Å². The van der Waals surface area contributed by atoms with Crippen LogP contribution in [0, 0.1) is 30.6 Å². The zero-order valence-corrected chi connectivity index (χ0v) is 19.4. The lowest BCUT2D eigenvalue weighted by Gasteiger charge is -2.29. The summed E-state index contributed by atoms with van der Waals surface area (Å²) in [6.45, 7) is 4.54. The van der Waals surface area contributed by atoms with E-state index in [-0.39, 0.29) is 0 Å². The zero-order valence-electron chi connectivity index (χ0n) is 19.4.